The molecule has 1 heterocycles. The van der Waals surface area contributed by atoms with Crippen LogP contribution in [0, 0.1) is 0 Å². The van der Waals surface area contributed by atoms with E-state index in [-0.39, 0.29) is 36.9 Å². The summed E-state index contributed by atoms with van der Waals surface area (Å²) < 4.78 is 0. The van der Waals surface area contributed by atoms with Crippen LogP contribution >= 0.6 is 0 Å². The number of hydrogen-bond acceptors (Lipinski definition) is 7. The van der Waals surface area contributed by atoms with Gasteiger partial charge in [0.1, 0.15) is 5.82 Å². The predicted octanol–water partition coefficient (Wildman–Crippen LogP) is 3.11. The Kier molecular flexibility index (Phi) is 12.0. The van der Waals surface area contributed by atoms with Crippen molar-refractivity contribution in [3.8, 4) is 0 Å². The molecule has 0 aliphatic carbocycles. The van der Waals surface area contributed by atoms with Gasteiger partial charge in [0.05, 0.1) is 25.2 Å². The highest BCUT2D eigenvalue weighted by atomic mass is 16.3. The molecule has 9 nitrogen and oxygen atoms in total. The van der Waals surface area contributed by atoms with Crippen molar-refractivity contribution in [2.24, 2.45) is 0 Å². The first kappa shape index (κ1) is 32.3. The Bertz CT molecular complexity index is 1480. The van der Waals surface area contributed by atoms with E-state index < -0.39 is 6.10 Å². The van der Waals surface area contributed by atoms with Gasteiger partial charge >= 0.3 is 0 Å². The van der Waals surface area contributed by atoms with Crippen molar-refractivity contribution in [3.63, 3.8) is 0 Å². The molecule has 3 aromatic carbocycles. The molecule has 230 valence electrons. The number of nitrogens with one attached hydrogen (secondary N) is 3. The van der Waals surface area contributed by atoms with E-state index in [2.05, 4.69) is 27.9 Å². The van der Waals surface area contributed by atoms with Gasteiger partial charge in [-0.3, -0.25) is 9.59 Å². The second-order valence-corrected chi connectivity index (χ2v) is 11.1. The van der Waals surface area contributed by atoms with E-state index in [0.717, 1.165) is 28.7 Å². The maximum atomic E-state index is 12.7. The van der Waals surface area contributed by atoms with Crippen molar-refractivity contribution in [1.82, 2.24) is 20.9 Å². The number of aromatic nitrogens is 1. The lowest BCUT2D eigenvalue weighted by Gasteiger charge is -2.18. The number of amides is 2. The van der Waals surface area contributed by atoms with Crippen molar-refractivity contribution in [2.45, 2.75) is 50.9 Å². The van der Waals surface area contributed by atoms with Crippen LogP contribution in [0.25, 0.3) is 0 Å². The summed E-state index contributed by atoms with van der Waals surface area (Å²) in [6.07, 6.45) is 2.44. The van der Waals surface area contributed by atoms with Gasteiger partial charge in [0.2, 0.25) is 5.91 Å². The largest absolute Gasteiger partial charge is 0.394 e. The number of nitrogens with two attached hydrogens (primary N) is 1. The van der Waals surface area contributed by atoms with E-state index >= 15 is 0 Å². The molecule has 3 atom stereocenters. The molecule has 0 aliphatic heterocycles. The number of carbonyl (C=O) groups excluding carboxylic acids is 2. The van der Waals surface area contributed by atoms with Gasteiger partial charge in [-0.25, -0.2) is 4.98 Å². The molecular weight excluding hydrogens is 554 g/mol. The summed E-state index contributed by atoms with van der Waals surface area (Å²) in [5.41, 5.74) is 10.7. The Labute approximate surface area is 258 Å². The van der Waals surface area contributed by atoms with E-state index in [9.17, 15) is 19.8 Å². The Morgan fingerprint density at radius 3 is 2.30 bits per heavy atom. The zero-order valence-electron chi connectivity index (χ0n) is 24.9. The van der Waals surface area contributed by atoms with Gasteiger partial charge in [0, 0.05) is 36.5 Å². The van der Waals surface area contributed by atoms with Gasteiger partial charge in [0.25, 0.3) is 5.91 Å². The summed E-state index contributed by atoms with van der Waals surface area (Å²) in [6.45, 7) is 2.63. The fraction of sp³-hybridized carbons (Fsp3) is 0.286. The third-order valence-electron chi connectivity index (χ3n) is 7.34. The summed E-state index contributed by atoms with van der Waals surface area (Å²) in [5, 5.41) is 29.3. The molecule has 44 heavy (non-hydrogen) atoms. The molecule has 0 spiro atoms. The fourth-order valence-electron chi connectivity index (χ4n) is 4.89. The van der Waals surface area contributed by atoms with Crippen LogP contribution < -0.4 is 21.7 Å². The predicted molar refractivity (Wildman–Crippen MR) is 172 cm³/mol. The number of nitrogen functional groups attached to an aromatic ring is 1. The lowest BCUT2D eigenvalue weighted by molar-refractivity contribution is -0.120. The average molecular weight is 596 g/mol. The zero-order valence-corrected chi connectivity index (χ0v) is 24.9. The normalized spacial score (nSPS) is 13.1. The summed E-state index contributed by atoms with van der Waals surface area (Å²) in [6, 6.07) is 27.9. The van der Waals surface area contributed by atoms with Gasteiger partial charge in [0.15, 0.2) is 0 Å². The topological polar surface area (TPSA) is 150 Å². The second kappa shape index (κ2) is 16.3. The first-order valence-corrected chi connectivity index (χ1v) is 14.8. The SMILES string of the molecule is CC(Cc1cccc(CC(=O)NCc2ccc(C(=O)NC(CO)Cc3ccccc3)cc2)c1)NCC(O)c1ccc(N)nc1. The van der Waals surface area contributed by atoms with E-state index in [1.807, 2.05) is 66.7 Å². The van der Waals surface area contributed by atoms with Crippen LogP contribution in [0.2, 0.25) is 0 Å². The molecular formula is C35H41N5O4. The Morgan fingerprint density at radius 2 is 1.59 bits per heavy atom. The number of hydrogen-bond donors (Lipinski definition) is 6. The van der Waals surface area contributed by atoms with Crippen LogP contribution in [0.1, 0.15) is 51.2 Å². The molecule has 0 aliphatic rings. The van der Waals surface area contributed by atoms with Crippen LogP contribution in [0.15, 0.2) is 97.2 Å². The van der Waals surface area contributed by atoms with Crippen LogP contribution in [0.5, 0.6) is 0 Å². The molecule has 4 aromatic rings. The van der Waals surface area contributed by atoms with Crippen LogP contribution in [-0.4, -0.2) is 52.2 Å². The van der Waals surface area contributed by atoms with Crippen LogP contribution in [0.3, 0.4) is 0 Å². The molecule has 3 unspecified atom stereocenters. The van der Waals surface area contributed by atoms with Gasteiger partial charge in [-0.1, -0.05) is 72.8 Å². The monoisotopic (exact) mass is 595 g/mol. The number of pyridine rings is 1. The molecule has 1 aromatic heterocycles. The van der Waals surface area contributed by atoms with Crippen molar-refractivity contribution in [1.29, 1.82) is 0 Å². The van der Waals surface area contributed by atoms with Gasteiger partial charge < -0.3 is 31.9 Å². The van der Waals surface area contributed by atoms with Gasteiger partial charge in [-0.05, 0) is 60.2 Å². The fourth-order valence-corrected chi connectivity index (χ4v) is 4.89. The lowest BCUT2D eigenvalue weighted by atomic mass is 10.0. The zero-order chi connectivity index (χ0) is 31.3. The van der Waals surface area contributed by atoms with Gasteiger partial charge in [-0.15, -0.1) is 0 Å². The third kappa shape index (κ3) is 10.3. The van der Waals surface area contributed by atoms with E-state index in [1.165, 1.54) is 0 Å². The van der Waals surface area contributed by atoms with Crippen molar-refractivity contribution >= 4 is 17.6 Å². The average Bonchev–Trinajstić information content (AvgIpc) is 3.03. The van der Waals surface area contributed by atoms with Crippen molar-refractivity contribution in [3.05, 3.63) is 131 Å². The van der Waals surface area contributed by atoms with Gasteiger partial charge in [-0.2, -0.15) is 0 Å². The molecule has 0 saturated heterocycles. The van der Waals surface area contributed by atoms with E-state index in [4.69, 9.17) is 5.73 Å². The Hall–Kier alpha value is -4.57. The van der Waals surface area contributed by atoms with E-state index in [1.54, 1.807) is 30.5 Å². The quantitative estimate of drug-likeness (QED) is 0.124. The number of aliphatic hydroxyl groups excluding tert-OH is 2. The Balaban J connectivity index is 1.20. The maximum Gasteiger partial charge on any atom is 0.251 e. The summed E-state index contributed by atoms with van der Waals surface area (Å²) in [4.78, 5) is 29.4. The van der Waals surface area contributed by atoms with Crippen LogP contribution in [-0.2, 0) is 30.6 Å². The number of benzene rings is 3. The molecule has 0 fully saturated rings. The number of nitrogens with zero attached hydrogens (tertiary/aromatic N) is 1. The first-order chi connectivity index (χ1) is 21.3. The number of aliphatic hydroxyl groups is 2. The summed E-state index contributed by atoms with van der Waals surface area (Å²) >= 11 is 0. The van der Waals surface area contributed by atoms with Crippen LogP contribution in [0.4, 0.5) is 5.82 Å². The minimum atomic E-state index is -0.683. The highest BCUT2D eigenvalue weighted by Crippen LogP contribution is 2.14. The summed E-state index contributed by atoms with van der Waals surface area (Å²) in [7, 11) is 0. The molecule has 0 radical (unpaired) electrons. The Morgan fingerprint density at radius 1 is 0.864 bits per heavy atom. The lowest BCUT2D eigenvalue weighted by Crippen LogP contribution is -2.39. The smallest absolute Gasteiger partial charge is 0.251 e. The second-order valence-electron chi connectivity index (χ2n) is 11.1. The molecule has 7 N–H and O–H groups in total. The molecule has 0 saturated carbocycles. The molecule has 9 heteroatoms. The molecule has 0 bridgehead atoms. The van der Waals surface area contributed by atoms with E-state index in [0.29, 0.717) is 36.5 Å². The minimum Gasteiger partial charge on any atom is -0.394 e. The number of anilines is 1. The van der Waals surface area contributed by atoms with Crippen molar-refractivity contribution < 1.29 is 19.8 Å². The summed E-state index contributed by atoms with van der Waals surface area (Å²) in [5.74, 6) is 0.0664. The van der Waals surface area contributed by atoms with Crippen molar-refractivity contribution in [2.75, 3.05) is 18.9 Å². The standard InChI is InChI=1S/C35H41N5O4/c1-24(37-22-32(42)30-14-15-33(36)38-21-30)16-27-8-5-9-28(17-27)19-34(43)39-20-26-10-12-29(13-11-26)35(44)40-31(23-41)18-25-6-3-2-4-7-25/h2-15,17,21,24,31-32,37,41-42H,16,18-20,22-23H2,1H3,(H2,36,38)(H,39,43)(H,40,44). The highest BCUT2D eigenvalue weighted by molar-refractivity contribution is 5.94. The minimum absolute atomic E-state index is 0.0953. The molecule has 4 rings (SSSR count). The maximum absolute atomic E-state index is 12.7. The third-order valence-corrected chi connectivity index (χ3v) is 7.34. The molecule has 2 amide bonds. The highest BCUT2D eigenvalue weighted by Gasteiger charge is 2.14. The number of carbonyl (C=O) groups is 2. The number of rotatable bonds is 15. The first-order valence-electron chi connectivity index (χ1n) is 14.8.